The number of likely N-dealkylation sites (tertiary alicyclic amines) is 1. The zero-order chi connectivity index (χ0) is 49.3. The fourth-order valence-electron chi connectivity index (χ4n) is 9.56. The first-order valence-corrected chi connectivity index (χ1v) is 24.5. The van der Waals surface area contributed by atoms with Crippen molar-refractivity contribution < 1.29 is 18.8 Å². The van der Waals surface area contributed by atoms with Gasteiger partial charge in [0.15, 0.2) is 11.5 Å². The summed E-state index contributed by atoms with van der Waals surface area (Å²) in [5.74, 6) is -0.390. The molecule has 0 atom stereocenters. The fourth-order valence-corrected chi connectivity index (χ4v) is 9.56. The molecule has 2 aliphatic heterocycles. The number of halogens is 1. The van der Waals surface area contributed by atoms with Crippen LogP contribution < -0.4 is 21.5 Å². The van der Waals surface area contributed by atoms with Gasteiger partial charge in [0.25, 0.3) is 17.4 Å². The summed E-state index contributed by atoms with van der Waals surface area (Å²) in [5, 5.41) is 21.7. The van der Waals surface area contributed by atoms with Gasteiger partial charge in [-0.15, -0.1) is 0 Å². The molecule has 2 fully saturated rings. The number of pyridine rings is 1. The molecule has 9 rings (SSSR count). The maximum Gasteiger partial charge on any atom is 0.274 e. The second kappa shape index (κ2) is 22.5. The molecule has 0 radical (unpaired) electrons. The Morgan fingerprint density at radius 1 is 0.775 bits per heavy atom. The third kappa shape index (κ3) is 12.3. The highest BCUT2D eigenvalue weighted by Crippen LogP contribution is 2.30. The van der Waals surface area contributed by atoms with Gasteiger partial charge in [-0.25, -0.2) is 14.5 Å². The highest BCUT2D eigenvalue weighted by Gasteiger charge is 2.29. The lowest BCUT2D eigenvalue weighted by Crippen LogP contribution is -2.51. The van der Waals surface area contributed by atoms with Crippen LogP contribution in [0.2, 0.25) is 0 Å². The normalized spacial score (nSPS) is 14.7. The number of fused-ring (bicyclic) bond motifs is 1. The number of rotatable bonds is 17. The molecule has 7 aromatic rings. The molecule has 5 heterocycles. The molecule has 2 aliphatic rings. The number of anilines is 2. The van der Waals surface area contributed by atoms with Crippen molar-refractivity contribution in [2.24, 2.45) is 5.92 Å². The first kappa shape index (κ1) is 48.5. The number of aromatic nitrogens is 5. The van der Waals surface area contributed by atoms with Crippen LogP contribution in [-0.2, 0) is 24.2 Å². The average Bonchev–Trinajstić information content (AvgIpc) is 3.83. The van der Waals surface area contributed by atoms with E-state index in [1.807, 2.05) is 40.0 Å². The average molecular weight is 958 g/mol. The molecular weight excluding hydrogens is 898 g/mol. The summed E-state index contributed by atoms with van der Waals surface area (Å²) >= 11 is 0. The Morgan fingerprint density at radius 2 is 1.54 bits per heavy atom. The van der Waals surface area contributed by atoms with Crippen molar-refractivity contribution in [2.75, 3.05) is 70.8 Å². The van der Waals surface area contributed by atoms with E-state index in [1.165, 1.54) is 23.3 Å². The van der Waals surface area contributed by atoms with Gasteiger partial charge in [0.2, 0.25) is 5.91 Å². The van der Waals surface area contributed by atoms with E-state index in [0.29, 0.717) is 71.2 Å². The molecule has 4 N–H and O–H groups in total. The minimum atomic E-state index is -0.657. The predicted molar refractivity (Wildman–Crippen MR) is 273 cm³/mol. The lowest BCUT2D eigenvalue weighted by atomic mass is 9.95. The van der Waals surface area contributed by atoms with Crippen LogP contribution in [0.5, 0.6) is 0 Å². The number of piperazine rings is 1. The quantitative estimate of drug-likeness (QED) is 0.0730. The Kier molecular flexibility index (Phi) is 15.3. The third-order valence-electron chi connectivity index (χ3n) is 13.5. The maximum atomic E-state index is 14.8. The van der Waals surface area contributed by atoms with Crippen molar-refractivity contribution >= 4 is 40.0 Å². The second-order valence-corrected chi connectivity index (χ2v) is 18.6. The van der Waals surface area contributed by atoms with E-state index >= 15 is 0 Å². The Bertz CT molecular complexity index is 3080. The Morgan fingerprint density at radius 3 is 2.34 bits per heavy atom. The molecule has 0 unspecified atom stereocenters. The summed E-state index contributed by atoms with van der Waals surface area (Å²) < 4.78 is 16.7. The number of carbonyl (C=O) groups excluding carboxylic acids is 3. The smallest absolute Gasteiger partial charge is 0.274 e. The number of benzene rings is 4. The van der Waals surface area contributed by atoms with Gasteiger partial charge in [-0.2, -0.15) is 10.2 Å². The number of carbonyl (C=O) groups is 3. The minimum Gasteiger partial charge on any atom is -0.353 e. The zero-order valence-electron chi connectivity index (χ0n) is 40.3. The zero-order valence-corrected chi connectivity index (χ0v) is 40.3. The lowest BCUT2D eigenvalue weighted by molar-refractivity contribution is -0.122. The molecular formula is C55H60FN11O4. The van der Waals surface area contributed by atoms with Crippen molar-refractivity contribution in [1.82, 2.24) is 50.3 Å². The monoisotopic (exact) mass is 957 g/mol. The van der Waals surface area contributed by atoms with E-state index in [0.717, 1.165) is 68.7 Å². The van der Waals surface area contributed by atoms with E-state index in [-0.39, 0.29) is 42.6 Å². The van der Waals surface area contributed by atoms with Crippen LogP contribution >= 0.6 is 0 Å². The Labute approximate surface area is 412 Å². The van der Waals surface area contributed by atoms with Crippen molar-refractivity contribution in [1.29, 1.82) is 0 Å². The fraction of sp³-hybridized carbons (Fsp3) is 0.327. The number of hydrogen-bond donors (Lipinski definition) is 4. The molecule has 366 valence electrons. The molecule has 3 aromatic heterocycles. The molecule has 0 bridgehead atoms. The first-order chi connectivity index (χ1) is 34.5. The van der Waals surface area contributed by atoms with Crippen LogP contribution in [-0.4, -0.2) is 123 Å². The molecule has 2 saturated heterocycles. The number of nitrogens with zero attached hydrogens (tertiary/aromatic N) is 7. The number of hydrogen-bond acceptors (Lipinski definition) is 10. The molecule has 16 heteroatoms. The molecule has 15 nitrogen and oxygen atoms in total. The summed E-state index contributed by atoms with van der Waals surface area (Å²) in [6.07, 6.45) is 6.73. The Balaban J connectivity index is 0.716. The third-order valence-corrected chi connectivity index (χ3v) is 13.5. The number of amides is 3. The van der Waals surface area contributed by atoms with Crippen LogP contribution in [0.25, 0.3) is 21.9 Å². The lowest BCUT2D eigenvalue weighted by Gasteiger charge is -2.38. The molecule has 3 amide bonds. The first-order valence-electron chi connectivity index (χ1n) is 24.5. The van der Waals surface area contributed by atoms with E-state index < -0.39 is 11.7 Å². The molecule has 0 saturated carbocycles. The van der Waals surface area contributed by atoms with Crippen LogP contribution in [0.1, 0.15) is 68.6 Å². The number of nitrogens with one attached hydrogen (secondary N) is 4. The number of aryl methyl sites for hydroxylation is 2. The summed E-state index contributed by atoms with van der Waals surface area (Å²) in [4.78, 5) is 63.6. The molecule has 0 aliphatic carbocycles. The second-order valence-electron chi connectivity index (χ2n) is 18.6. The molecule has 71 heavy (non-hydrogen) atoms. The summed E-state index contributed by atoms with van der Waals surface area (Å²) in [5.41, 5.74) is 7.42. The summed E-state index contributed by atoms with van der Waals surface area (Å²) in [6, 6.07) is 32.2. The highest BCUT2D eigenvalue weighted by molar-refractivity contribution is 5.99. The van der Waals surface area contributed by atoms with E-state index in [9.17, 15) is 23.6 Å². The van der Waals surface area contributed by atoms with Crippen LogP contribution in [0, 0.1) is 18.7 Å². The van der Waals surface area contributed by atoms with Gasteiger partial charge in [0.05, 0.1) is 35.4 Å². The van der Waals surface area contributed by atoms with Crippen molar-refractivity contribution in [3.63, 3.8) is 0 Å². The summed E-state index contributed by atoms with van der Waals surface area (Å²) in [6.45, 7) is 10.9. The standard InChI is InChI=1S/C55H60FN11O4/c1-3-38-9-7-11-42(29-38)43-32-49(60-50-18-23-67(63-50)35-41-10-6-8-37(2)28-41)52(59-33-43)55(71)66-21-16-39(17-22-66)34-64-24-26-65(27-25-64)36-51(68)57-19-20-58-53(69)46-30-40(14-15-47(46)56)31-48-44-12-4-5-13-45(44)54(70)62-61-48/h4-15,18,23,28-30,32-33,39H,3,16-17,19-22,24-27,31,34-36H2,1-2H3,(H,57,68)(H,58,69)(H,60,63)(H,62,70). The number of aromatic amines is 1. The van der Waals surface area contributed by atoms with Gasteiger partial charge in [0, 0.05) is 94.7 Å². The van der Waals surface area contributed by atoms with Crippen LogP contribution in [0.3, 0.4) is 0 Å². The van der Waals surface area contributed by atoms with Crippen LogP contribution in [0.15, 0.2) is 120 Å². The molecule has 4 aromatic carbocycles. The maximum absolute atomic E-state index is 14.8. The van der Waals surface area contributed by atoms with Gasteiger partial charge in [-0.05, 0) is 78.6 Å². The largest absolute Gasteiger partial charge is 0.353 e. The minimum absolute atomic E-state index is 0.0976. The topological polar surface area (TPSA) is 173 Å². The summed E-state index contributed by atoms with van der Waals surface area (Å²) in [7, 11) is 0. The van der Waals surface area contributed by atoms with E-state index in [4.69, 9.17) is 10.1 Å². The van der Waals surface area contributed by atoms with Gasteiger partial charge in [0.1, 0.15) is 5.82 Å². The van der Waals surface area contributed by atoms with Crippen molar-refractivity contribution in [3.05, 3.63) is 171 Å². The van der Waals surface area contributed by atoms with Crippen LogP contribution in [0.4, 0.5) is 15.9 Å². The SMILES string of the molecule is CCc1cccc(-c2cnc(C(=O)N3CCC(CN4CCN(CC(=O)NCCNC(=O)c5cc(Cc6n[nH]c(=O)c7ccccc67)ccc5F)CC4)CC3)c(Nc3ccn(Cc4cccc(C)c4)n3)c2)c1. The van der Waals surface area contributed by atoms with Crippen molar-refractivity contribution in [3.8, 4) is 11.1 Å². The number of piperidine rings is 1. The van der Waals surface area contributed by atoms with E-state index in [2.05, 4.69) is 98.3 Å². The molecule has 0 spiro atoms. The highest BCUT2D eigenvalue weighted by atomic mass is 19.1. The predicted octanol–water partition coefficient (Wildman–Crippen LogP) is 6.59. The van der Waals surface area contributed by atoms with Crippen molar-refractivity contribution in [2.45, 2.75) is 46.1 Å². The van der Waals surface area contributed by atoms with Gasteiger partial charge in [-0.1, -0.05) is 85.3 Å². The van der Waals surface area contributed by atoms with Gasteiger partial charge >= 0.3 is 0 Å². The van der Waals surface area contributed by atoms with Gasteiger partial charge < -0.3 is 25.8 Å². The van der Waals surface area contributed by atoms with Gasteiger partial charge in [-0.3, -0.25) is 28.8 Å². The number of H-pyrrole nitrogens is 1. The Hall–Kier alpha value is -7.56. The van der Waals surface area contributed by atoms with E-state index in [1.54, 1.807) is 24.4 Å².